The highest BCUT2D eigenvalue weighted by molar-refractivity contribution is 7.11. The Morgan fingerprint density at radius 2 is 1.96 bits per heavy atom. The van der Waals surface area contributed by atoms with E-state index in [2.05, 4.69) is 15.1 Å². The lowest BCUT2D eigenvalue weighted by Gasteiger charge is -2.23. The highest BCUT2D eigenvalue weighted by Gasteiger charge is 2.25. The van der Waals surface area contributed by atoms with Crippen molar-refractivity contribution in [3.8, 4) is 0 Å². The number of aromatic nitrogens is 4. The van der Waals surface area contributed by atoms with Crippen LogP contribution in [-0.4, -0.2) is 37.4 Å². The van der Waals surface area contributed by atoms with Crippen LogP contribution in [0.5, 0.6) is 0 Å². The van der Waals surface area contributed by atoms with Crippen LogP contribution in [0.15, 0.2) is 12.3 Å². The van der Waals surface area contributed by atoms with Crippen molar-refractivity contribution in [2.75, 3.05) is 7.05 Å². The summed E-state index contributed by atoms with van der Waals surface area (Å²) >= 11 is 1.65. The highest BCUT2D eigenvalue weighted by Crippen LogP contribution is 2.27. The van der Waals surface area contributed by atoms with Crippen LogP contribution < -0.4 is 0 Å². The number of carbonyl (C=O) groups excluding carboxylic acids is 1. The van der Waals surface area contributed by atoms with Crippen LogP contribution in [0.4, 0.5) is 0 Å². The van der Waals surface area contributed by atoms with Crippen LogP contribution >= 0.6 is 11.3 Å². The molecule has 0 radical (unpaired) electrons. The van der Waals surface area contributed by atoms with E-state index in [4.69, 9.17) is 0 Å². The monoisotopic (exact) mass is 343 g/mol. The number of rotatable bonds is 3. The van der Waals surface area contributed by atoms with Crippen LogP contribution in [-0.2, 0) is 0 Å². The van der Waals surface area contributed by atoms with Gasteiger partial charge in [-0.05, 0) is 40.7 Å². The summed E-state index contributed by atoms with van der Waals surface area (Å²) in [6, 6.07) is 1.84. The van der Waals surface area contributed by atoms with Crippen molar-refractivity contribution in [3.05, 3.63) is 44.8 Å². The molecule has 0 aliphatic carbocycles. The number of amides is 1. The Kier molecular flexibility index (Phi) is 4.13. The fourth-order valence-corrected chi connectivity index (χ4v) is 3.81. The third kappa shape index (κ3) is 2.69. The quantitative estimate of drug-likeness (QED) is 0.732. The van der Waals surface area contributed by atoms with E-state index in [1.54, 1.807) is 34.0 Å². The molecule has 0 aliphatic heterocycles. The Balaban J connectivity index is 1.98. The summed E-state index contributed by atoms with van der Waals surface area (Å²) in [5.41, 5.74) is 3.89. The van der Waals surface area contributed by atoms with Crippen LogP contribution in [0.1, 0.15) is 50.3 Å². The van der Waals surface area contributed by atoms with E-state index in [-0.39, 0.29) is 11.9 Å². The van der Waals surface area contributed by atoms with Gasteiger partial charge in [0.15, 0.2) is 5.65 Å². The molecule has 0 bridgehead atoms. The van der Waals surface area contributed by atoms with Crippen molar-refractivity contribution in [1.82, 2.24) is 24.5 Å². The summed E-state index contributed by atoms with van der Waals surface area (Å²) in [6.45, 7) is 9.89. The second kappa shape index (κ2) is 5.98. The Hall–Kier alpha value is -2.28. The van der Waals surface area contributed by atoms with E-state index in [1.165, 1.54) is 0 Å². The van der Waals surface area contributed by atoms with Gasteiger partial charge in [0.05, 0.1) is 22.9 Å². The second-order valence-corrected chi connectivity index (χ2v) is 7.51. The number of hydrogen-bond donors (Lipinski definition) is 0. The lowest BCUT2D eigenvalue weighted by Crippen LogP contribution is -2.30. The van der Waals surface area contributed by atoms with Crippen LogP contribution in [0.3, 0.4) is 0 Å². The van der Waals surface area contributed by atoms with Gasteiger partial charge in [0.25, 0.3) is 5.91 Å². The minimum atomic E-state index is -0.108. The van der Waals surface area contributed by atoms with Gasteiger partial charge in [0.1, 0.15) is 5.56 Å². The van der Waals surface area contributed by atoms with Gasteiger partial charge in [-0.15, -0.1) is 11.3 Å². The molecule has 24 heavy (non-hydrogen) atoms. The molecule has 3 heterocycles. The van der Waals surface area contributed by atoms with Crippen LogP contribution in [0, 0.1) is 27.7 Å². The fourth-order valence-electron chi connectivity index (χ4n) is 2.90. The van der Waals surface area contributed by atoms with Crippen LogP contribution in [0.2, 0.25) is 0 Å². The highest BCUT2D eigenvalue weighted by atomic mass is 32.1. The van der Waals surface area contributed by atoms with Crippen LogP contribution in [0.25, 0.3) is 5.65 Å². The summed E-state index contributed by atoms with van der Waals surface area (Å²) in [5, 5.41) is 5.32. The van der Waals surface area contributed by atoms with Crippen molar-refractivity contribution in [1.29, 1.82) is 0 Å². The summed E-state index contributed by atoms with van der Waals surface area (Å²) in [5.74, 6) is -0.0972. The molecule has 0 unspecified atom stereocenters. The summed E-state index contributed by atoms with van der Waals surface area (Å²) in [7, 11) is 1.80. The second-order valence-electron chi connectivity index (χ2n) is 6.10. The first-order chi connectivity index (χ1) is 11.3. The SMILES string of the molecule is Cc1cc(C)n2ncc(C(=O)N(C)[C@@H](C)c3nc(C)sc3C)c2n1. The topological polar surface area (TPSA) is 63.4 Å². The predicted molar refractivity (Wildman–Crippen MR) is 94.6 cm³/mol. The molecule has 0 fully saturated rings. The van der Waals surface area contributed by atoms with Gasteiger partial charge < -0.3 is 4.90 Å². The zero-order valence-electron chi connectivity index (χ0n) is 14.8. The molecule has 3 aromatic heterocycles. The number of nitrogens with zero attached hydrogens (tertiary/aromatic N) is 5. The van der Waals surface area contributed by atoms with E-state index in [0.29, 0.717) is 11.2 Å². The number of hydrogen-bond acceptors (Lipinski definition) is 5. The molecule has 126 valence electrons. The van der Waals surface area contributed by atoms with Gasteiger partial charge in [0, 0.05) is 23.3 Å². The van der Waals surface area contributed by atoms with Crippen molar-refractivity contribution in [2.24, 2.45) is 0 Å². The van der Waals surface area contributed by atoms with Gasteiger partial charge >= 0.3 is 0 Å². The minimum absolute atomic E-state index is 0.0972. The van der Waals surface area contributed by atoms with Gasteiger partial charge in [-0.1, -0.05) is 0 Å². The normalized spacial score (nSPS) is 12.6. The number of aryl methyl sites for hydroxylation is 4. The largest absolute Gasteiger partial charge is 0.333 e. The van der Waals surface area contributed by atoms with E-state index >= 15 is 0 Å². The zero-order valence-corrected chi connectivity index (χ0v) is 15.6. The summed E-state index contributed by atoms with van der Waals surface area (Å²) in [4.78, 5) is 24.9. The maximum Gasteiger partial charge on any atom is 0.259 e. The van der Waals surface area contributed by atoms with E-state index in [9.17, 15) is 4.79 Å². The van der Waals surface area contributed by atoms with E-state index < -0.39 is 0 Å². The lowest BCUT2D eigenvalue weighted by atomic mass is 10.1. The molecule has 6 nitrogen and oxygen atoms in total. The molecule has 3 rings (SSSR count). The molecule has 1 atom stereocenters. The molecule has 7 heteroatoms. The maximum atomic E-state index is 13.0. The smallest absolute Gasteiger partial charge is 0.259 e. The molecule has 0 N–H and O–H groups in total. The average molecular weight is 343 g/mol. The molecule has 0 saturated heterocycles. The average Bonchev–Trinajstić information content (AvgIpc) is 3.08. The van der Waals surface area contributed by atoms with Gasteiger partial charge in [-0.2, -0.15) is 5.10 Å². The molecule has 3 aromatic rings. The Morgan fingerprint density at radius 3 is 2.58 bits per heavy atom. The molecule has 0 aliphatic rings. The molecule has 1 amide bonds. The third-order valence-corrected chi connectivity index (χ3v) is 5.15. The number of carbonyl (C=O) groups is 1. The first kappa shape index (κ1) is 16.6. The van der Waals surface area contributed by atoms with Crippen molar-refractivity contribution < 1.29 is 4.79 Å². The van der Waals surface area contributed by atoms with Crippen molar-refractivity contribution >= 4 is 22.9 Å². The number of thiazole rings is 1. The molecule has 0 saturated carbocycles. The standard InChI is InChI=1S/C17H21N5OS/c1-9-7-10(2)22-16(19-9)14(8-18-22)17(23)21(6)11(3)15-12(4)24-13(5)20-15/h7-8,11H,1-6H3/t11-/m0/s1. The number of fused-ring (bicyclic) bond motifs is 1. The van der Waals surface area contributed by atoms with E-state index in [0.717, 1.165) is 27.0 Å². The lowest BCUT2D eigenvalue weighted by molar-refractivity contribution is 0.0741. The van der Waals surface area contributed by atoms with Gasteiger partial charge in [-0.3, -0.25) is 4.79 Å². The molecular formula is C17H21N5OS. The first-order valence-electron chi connectivity index (χ1n) is 7.82. The minimum Gasteiger partial charge on any atom is -0.333 e. The summed E-state index contributed by atoms with van der Waals surface area (Å²) < 4.78 is 1.71. The van der Waals surface area contributed by atoms with Crippen molar-refractivity contribution in [3.63, 3.8) is 0 Å². The third-order valence-electron chi connectivity index (χ3n) is 4.24. The molecular weight excluding hydrogens is 322 g/mol. The molecule has 0 spiro atoms. The fraction of sp³-hybridized carbons (Fsp3) is 0.412. The summed E-state index contributed by atoms with van der Waals surface area (Å²) in [6.07, 6.45) is 1.60. The van der Waals surface area contributed by atoms with Gasteiger partial charge in [0.2, 0.25) is 0 Å². The zero-order chi connectivity index (χ0) is 17.6. The van der Waals surface area contributed by atoms with Crippen molar-refractivity contribution in [2.45, 2.75) is 40.7 Å². The maximum absolute atomic E-state index is 13.0. The Labute approximate surface area is 145 Å². The predicted octanol–water partition coefficient (Wildman–Crippen LogP) is 3.25. The van der Waals surface area contributed by atoms with Gasteiger partial charge in [-0.25, -0.2) is 14.5 Å². The van der Waals surface area contributed by atoms with E-state index in [1.807, 2.05) is 40.7 Å². The first-order valence-corrected chi connectivity index (χ1v) is 8.64. The Morgan fingerprint density at radius 1 is 1.25 bits per heavy atom. The molecule has 0 aromatic carbocycles. The Bertz CT molecular complexity index is 927.